The summed E-state index contributed by atoms with van der Waals surface area (Å²) in [6.07, 6.45) is 3.75. The third kappa shape index (κ3) is 3.48. The molecule has 1 aromatic carbocycles. The number of hydrogen-bond acceptors (Lipinski definition) is 3. The van der Waals surface area contributed by atoms with Crippen molar-refractivity contribution in [2.75, 3.05) is 6.54 Å². The van der Waals surface area contributed by atoms with Crippen molar-refractivity contribution in [2.24, 2.45) is 0 Å². The van der Waals surface area contributed by atoms with Crippen molar-refractivity contribution in [1.82, 2.24) is 20.4 Å². The van der Waals surface area contributed by atoms with E-state index in [0.29, 0.717) is 25.9 Å². The number of hydrogen-bond donors (Lipinski definition) is 2. The standard InChI is InChI=1S/C18H22N4O2/c1-2-16(22-11-3-4-17(22)23)18(24)19-12-13-5-7-14(8-6-13)15-9-10-20-21-15/h5-10,16H,2-4,11-12H2,1H3,(H,19,24)(H,20,21)/t16-/m0/s1. The molecule has 0 bridgehead atoms. The first-order valence-electron chi connectivity index (χ1n) is 8.35. The van der Waals surface area contributed by atoms with Crippen LogP contribution in [0.1, 0.15) is 31.7 Å². The highest BCUT2D eigenvalue weighted by Gasteiger charge is 2.31. The lowest BCUT2D eigenvalue weighted by atomic mass is 10.1. The van der Waals surface area contributed by atoms with Crippen molar-refractivity contribution in [3.63, 3.8) is 0 Å². The van der Waals surface area contributed by atoms with Gasteiger partial charge in [-0.2, -0.15) is 5.10 Å². The van der Waals surface area contributed by atoms with Gasteiger partial charge in [-0.05, 0) is 30.0 Å². The van der Waals surface area contributed by atoms with Gasteiger partial charge in [0.15, 0.2) is 0 Å². The van der Waals surface area contributed by atoms with Gasteiger partial charge in [0.2, 0.25) is 11.8 Å². The maximum absolute atomic E-state index is 12.4. The Morgan fingerprint density at radius 1 is 1.33 bits per heavy atom. The number of benzene rings is 1. The van der Waals surface area contributed by atoms with Gasteiger partial charge in [0, 0.05) is 25.7 Å². The van der Waals surface area contributed by atoms with Crippen LogP contribution in [0.4, 0.5) is 0 Å². The van der Waals surface area contributed by atoms with Crippen LogP contribution in [0, 0.1) is 0 Å². The summed E-state index contributed by atoms with van der Waals surface area (Å²) >= 11 is 0. The van der Waals surface area contributed by atoms with Crippen LogP contribution in [0.5, 0.6) is 0 Å². The molecule has 0 radical (unpaired) electrons. The maximum atomic E-state index is 12.4. The number of carbonyl (C=O) groups excluding carboxylic acids is 2. The van der Waals surface area contributed by atoms with E-state index in [-0.39, 0.29) is 17.9 Å². The fourth-order valence-corrected chi connectivity index (χ4v) is 3.07. The summed E-state index contributed by atoms with van der Waals surface area (Å²) in [7, 11) is 0. The second-order valence-electron chi connectivity index (χ2n) is 6.00. The summed E-state index contributed by atoms with van der Waals surface area (Å²) in [5, 5.41) is 9.81. The van der Waals surface area contributed by atoms with Crippen LogP contribution < -0.4 is 5.32 Å². The molecular weight excluding hydrogens is 304 g/mol. The largest absolute Gasteiger partial charge is 0.350 e. The highest BCUT2D eigenvalue weighted by molar-refractivity contribution is 5.88. The van der Waals surface area contributed by atoms with Crippen LogP contribution in [-0.4, -0.2) is 39.5 Å². The normalized spacial score (nSPS) is 15.5. The fraction of sp³-hybridized carbons (Fsp3) is 0.389. The molecule has 2 amide bonds. The lowest BCUT2D eigenvalue weighted by molar-refractivity contribution is -0.137. The number of carbonyl (C=O) groups is 2. The maximum Gasteiger partial charge on any atom is 0.243 e. The van der Waals surface area contributed by atoms with Crippen molar-refractivity contribution < 1.29 is 9.59 Å². The smallest absolute Gasteiger partial charge is 0.243 e. The van der Waals surface area contributed by atoms with E-state index in [1.54, 1.807) is 11.1 Å². The molecule has 6 heteroatoms. The average Bonchev–Trinajstić information content (AvgIpc) is 3.27. The van der Waals surface area contributed by atoms with Crippen LogP contribution in [0.25, 0.3) is 11.3 Å². The SMILES string of the molecule is CC[C@@H](C(=O)NCc1ccc(-c2ccn[nH]2)cc1)N1CCCC1=O. The number of aromatic nitrogens is 2. The Morgan fingerprint density at radius 2 is 2.12 bits per heavy atom. The number of amides is 2. The second-order valence-corrected chi connectivity index (χ2v) is 6.00. The molecule has 0 saturated carbocycles. The molecule has 0 unspecified atom stereocenters. The van der Waals surface area contributed by atoms with Crippen molar-refractivity contribution in [3.8, 4) is 11.3 Å². The monoisotopic (exact) mass is 326 g/mol. The van der Waals surface area contributed by atoms with Crippen LogP contribution in [0.15, 0.2) is 36.5 Å². The van der Waals surface area contributed by atoms with Crippen LogP contribution >= 0.6 is 0 Å². The molecule has 2 heterocycles. The van der Waals surface area contributed by atoms with Gasteiger partial charge in [-0.15, -0.1) is 0 Å². The Labute approximate surface area is 141 Å². The van der Waals surface area contributed by atoms with Gasteiger partial charge in [-0.1, -0.05) is 31.2 Å². The third-order valence-corrected chi connectivity index (χ3v) is 4.41. The summed E-state index contributed by atoms with van der Waals surface area (Å²) in [5.41, 5.74) is 3.04. The van der Waals surface area contributed by atoms with E-state index in [9.17, 15) is 9.59 Å². The van der Waals surface area contributed by atoms with Gasteiger partial charge < -0.3 is 10.2 Å². The number of rotatable bonds is 6. The molecular formula is C18H22N4O2. The summed E-state index contributed by atoms with van der Waals surface area (Å²) in [4.78, 5) is 26.0. The van der Waals surface area contributed by atoms with E-state index < -0.39 is 0 Å². The van der Waals surface area contributed by atoms with E-state index in [2.05, 4.69) is 15.5 Å². The summed E-state index contributed by atoms with van der Waals surface area (Å²) in [5.74, 6) is 0.00584. The number of nitrogens with zero attached hydrogens (tertiary/aromatic N) is 2. The Morgan fingerprint density at radius 3 is 2.71 bits per heavy atom. The highest BCUT2D eigenvalue weighted by atomic mass is 16.2. The molecule has 0 aliphatic carbocycles. The first-order chi connectivity index (χ1) is 11.7. The lowest BCUT2D eigenvalue weighted by Gasteiger charge is -2.25. The third-order valence-electron chi connectivity index (χ3n) is 4.41. The first-order valence-corrected chi connectivity index (χ1v) is 8.35. The minimum atomic E-state index is -0.357. The zero-order valence-corrected chi connectivity index (χ0v) is 13.8. The fourth-order valence-electron chi connectivity index (χ4n) is 3.07. The van der Waals surface area contributed by atoms with E-state index in [1.807, 2.05) is 37.3 Å². The summed E-state index contributed by atoms with van der Waals surface area (Å²) < 4.78 is 0. The zero-order chi connectivity index (χ0) is 16.9. The van der Waals surface area contributed by atoms with Crippen molar-refractivity contribution in [1.29, 1.82) is 0 Å². The van der Waals surface area contributed by atoms with Crippen LogP contribution in [-0.2, 0) is 16.1 Å². The lowest BCUT2D eigenvalue weighted by Crippen LogP contribution is -2.46. The number of aromatic amines is 1. The molecule has 126 valence electrons. The molecule has 2 N–H and O–H groups in total. The Bertz CT molecular complexity index is 694. The van der Waals surface area contributed by atoms with Crippen molar-refractivity contribution in [2.45, 2.75) is 38.8 Å². The van der Waals surface area contributed by atoms with Crippen LogP contribution in [0.3, 0.4) is 0 Å². The molecule has 1 aromatic heterocycles. The topological polar surface area (TPSA) is 78.1 Å². The molecule has 24 heavy (non-hydrogen) atoms. The molecule has 0 spiro atoms. The summed E-state index contributed by atoms with van der Waals surface area (Å²) in [6, 6.07) is 9.52. The van der Waals surface area contributed by atoms with Crippen molar-refractivity contribution in [3.05, 3.63) is 42.1 Å². The Kier molecular flexibility index (Phi) is 4.93. The van der Waals surface area contributed by atoms with Gasteiger partial charge >= 0.3 is 0 Å². The van der Waals surface area contributed by atoms with Gasteiger partial charge in [-0.3, -0.25) is 14.7 Å². The van der Waals surface area contributed by atoms with Gasteiger partial charge in [-0.25, -0.2) is 0 Å². The Hall–Kier alpha value is -2.63. The van der Waals surface area contributed by atoms with E-state index in [4.69, 9.17) is 0 Å². The minimum Gasteiger partial charge on any atom is -0.350 e. The molecule has 1 aliphatic rings. The number of H-pyrrole nitrogens is 1. The number of nitrogens with one attached hydrogen (secondary N) is 2. The predicted molar refractivity (Wildman–Crippen MR) is 90.9 cm³/mol. The minimum absolute atomic E-state index is 0.0783. The van der Waals surface area contributed by atoms with Gasteiger partial charge in [0.05, 0.1) is 5.69 Å². The molecule has 1 atom stereocenters. The Balaban J connectivity index is 1.58. The summed E-state index contributed by atoms with van der Waals surface area (Å²) in [6.45, 7) is 3.08. The number of likely N-dealkylation sites (tertiary alicyclic amines) is 1. The second kappa shape index (κ2) is 7.29. The molecule has 1 fully saturated rings. The van der Waals surface area contributed by atoms with Gasteiger partial charge in [0.1, 0.15) is 6.04 Å². The molecule has 3 rings (SSSR count). The van der Waals surface area contributed by atoms with Crippen molar-refractivity contribution >= 4 is 11.8 Å². The van der Waals surface area contributed by atoms with E-state index in [1.165, 1.54) is 0 Å². The van der Waals surface area contributed by atoms with Gasteiger partial charge in [0.25, 0.3) is 0 Å². The molecule has 1 aliphatic heterocycles. The van der Waals surface area contributed by atoms with Crippen LogP contribution in [0.2, 0.25) is 0 Å². The molecule has 6 nitrogen and oxygen atoms in total. The molecule has 2 aromatic rings. The predicted octanol–water partition coefficient (Wildman–Crippen LogP) is 2.09. The first kappa shape index (κ1) is 16.2. The quantitative estimate of drug-likeness (QED) is 0.853. The average molecular weight is 326 g/mol. The van der Waals surface area contributed by atoms with E-state index >= 15 is 0 Å². The molecule has 1 saturated heterocycles. The zero-order valence-electron chi connectivity index (χ0n) is 13.8. The highest BCUT2D eigenvalue weighted by Crippen LogP contribution is 2.18. The van der Waals surface area contributed by atoms with E-state index in [0.717, 1.165) is 23.2 Å².